The first-order valence-electron chi connectivity index (χ1n) is 14.7. The molecule has 0 aliphatic carbocycles. The second kappa shape index (κ2) is 11.7. The average Bonchev–Trinajstić information content (AvgIpc) is 2.90. The van der Waals surface area contributed by atoms with E-state index >= 15 is 0 Å². The normalized spacial score (nSPS) is 23.3. The lowest BCUT2D eigenvalue weighted by atomic mass is 9.52. The lowest BCUT2D eigenvalue weighted by Gasteiger charge is -2.48. The molecule has 222 valence electrons. The molecule has 1 N–H and O–H groups in total. The number of fused-ring (bicyclic) bond motifs is 1. The zero-order valence-electron chi connectivity index (χ0n) is 25.6. The summed E-state index contributed by atoms with van der Waals surface area (Å²) >= 11 is 0. The lowest BCUT2D eigenvalue weighted by Crippen LogP contribution is -2.57. The molecule has 3 aromatic rings. The molecule has 2 aliphatic heterocycles. The molecule has 42 heavy (non-hydrogen) atoms. The number of hydrogen-bond donors (Lipinski definition) is 1. The van der Waals surface area contributed by atoms with E-state index in [2.05, 4.69) is 53.1 Å². The largest absolute Gasteiger partial charge is 0.394 e. The van der Waals surface area contributed by atoms with Crippen LogP contribution in [0.3, 0.4) is 0 Å². The Hall–Kier alpha value is -2.86. The van der Waals surface area contributed by atoms with Gasteiger partial charge in [-0.2, -0.15) is 4.98 Å². The minimum Gasteiger partial charge on any atom is -0.394 e. The molecule has 2 saturated heterocycles. The van der Waals surface area contributed by atoms with E-state index in [0.717, 1.165) is 16.5 Å². The summed E-state index contributed by atoms with van der Waals surface area (Å²) in [5, 5.41) is 5.06. The fourth-order valence-electron chi connectivity index (χ4n) is 6.01. The third kappa shape index (κ3) is 6.85. The van der Waals surface area contributed by atoms with E-state index in [1.807, 2.05) is 40.7 Å². The number of pyridine rings is 1. The molecule has 0 unspecified atom stereocenters. The van der Waals surface area contributed by atoms with E-state index in [1.54, 1.807) is 12.3 Å². The molecule has 0 amide bonds. The van der Waals surface area contributed by atoms with Gasteiger partial charge in [0.1, 0.15) is 51.2 Å². The summed E-state index contributed by atoms with van der Waals surface area (Å²) in [7, 11) is 2.80. The monoisotopic (exact) mass is 592 g/mol. The van der Waals surface area contributed by atoms with Gasteiger partial charge in [-0.1, -0.05) is 19.9 Å². The molecule has 5 rings (SSSR count). The van der Waals surface area contributed by atoms with Crippen molar-refractivity contribution in [3.05, 3.63) is 42.2 Å². The number of aromatic nitrogens is 3. The van der Waals surface area contributed by atoms with E-state index in [-0.39, 0.29) is 24.3 Å². The molecule has 14 heteroatoms. The van der Waals surface area contributed by atoms with Gasteiger partial charge in [0.05, 0.1) is 18.4 Å². The van der Waals surface area contributed by atoms with Crippen LogP contribution < -0.4 is 15.1 Å². The van der Waals surface area contributed by atoms with Gasteiger partial charge in [-0.15, -0.1) is 0 Å². The predicted molar refractivity (Wildman–Crippen MR) is 176 cm³/mol. The fourth-order valence-corrected chi connectivity index (χ4v) is 7.17. The first-order chi connectivity index (χ1) is 19.7. The molecule has 2 aliphatic rings. The van der Waals surface area contributed by atoms with Crippen molar-refractivity contribution in [1.82, 2.24) is 15.0 Å². The van der Waals surface area contributed by atoms with Crippen LogP contribution in [-0.4, -0.2) is 102 Å². The number of anilines is 4. The average molecular weight is 592 g/mol. The van der Waals surface area contributed by atoms with Crippen LogP contribution >= 0.6 is 0 Å². The van der Waals surface area contributed by atoms with E-state index in [1.165, 1.54) is 11.8 Å². The summed E-state index contributed by atoms with van der Waals surface area (Å²) in [4.78, 5) is 17.9. The van der Waals surface area contributed by atoms with Crippen LogP contribution in [0.1, 0.15) is 38.7 Å². The van der Waals surface area contributed by atoms with Crippen LogP contribution in [0.2, 0.25) is 0 Å². The highest BCUT2D eigenvalue weighted by molar-refractivity contribution is 7.90. The van der Waals surface area contributed by atoms with Crippen molar-refractivity contribution < 1.29 is 17.5 Å². The summed E-state index contributed by atoms with van der Waals surface area (Å²) in [6.07, 6.45) is 3.86. The molecular formula is C28H40B3FN6O3S. The van der Waals surface area contributed by atoms with Crippen molar-refractivity contribution in [1.29, 1.82) is 0 Å². The summed E-state index contributed by atoms with van der Waals surface area (Å²) in [6, 6.07) is 8.23. The molecule has 0 radical (unpaired) electrons. The fraction of sp³-hybridized carbons (Fsp3) is 0.536. The van der Waals surface area contributed by atoms with E-state index in [0.29, 0.717) is 43.0 Å². The number of sulfone groups is 1. The smallest absolute Gasteiger partial charge is 0.227 e. The van der Waals surface area contributed by atoms with Crippen molar-refractivity contribution in [2.24, 2.45) is 5.92 Å². The molecule has 0 bridgehead atoms. The van der Waals surface area contributed by atoms with Crippen LogP contribution in [0.25, 0.3) is 10.8 Å². The Morgan fingerprint density at radius 3 is 2.55 bits per heavy atom. The third-order valence-electron chi connectivity index (χ3n) is 8.13. The van der Waals surface area contributed by atoms with Crippen molar-refractivity contribution in [3.8, 4) is 0 Å². The maximum absolute atomic E-state index is 15.0. The highest BCUT2D eigenvalue weighted by Crippen LogP contribution is 2.39. The van der Waals surface area contributed by atoms with Crippen LogP contribution in [0.15, 0.2) is 36.7 Å². The number of ether oxygens (including phenoxy) is 1. The lowest BCUT2D eigenvalue weighted by molar-refractivity contribution is -0.0185. The first kappa shape index (κ1) is 30.6. The van der Waals surface area contributed by atoms with Gasteiger partial charge in [0.15, 0.2) is 0 Å². The van der Waals surface area contributed by atoms with Crippen molar-refractivity contribution in [3.63, 3.8) is 0 Å². The number of rotatable bonds is 9. The molecule has 0 saturated carbocycles. The zero-order valence-corrected chi connectivity index (χ0v) is 26.4. The quantitative estimate of drug-likeness (QED) is 0.368. The summed E-state index contributed by atoms with van der Waals surface area (Å²) in [6.45, 7) is 7.91. The number of halogens is 1. The van der Waals surface area contributed by atoms with Gasteiger partial charge in [-0.25, -0.2) is 22.8 Å². The summed E-state index contributed by atoms with van der Waals surface area (Å²) in [5.41, 5.74) is 2.27. The maximum atomic E-state index is 15.0. The van der Waals surface area contributed by atoms with Crippen LogP contribution in [-0.2, 0) is 14.6 Å². The second-order valence-electron chi connectivity index (χ2n) is 13.1. The Balaban J connectivity index is 1.35. The number of nitrogens with one attached hydrogen (secondary N) is 1. The highest BCUT2D eigenvalue weighted by atomic mass is 32.2. The molecule has 2 fully saturated rings. The Morgan fingerprint density at radius 1 is 1.14 bits per heavy atom. The molecular weight excluding hydrogens is 552 g/mol. The second-order valence-corrected chi connectivity index (χ2v) is 15.3. The first-order valence-corrected chi connectivity index (χ1v) is 16.8. The molecule has 4 heterocycles. The minimum absolute atomic E-state index is 0.116. The van der Waals surface area contributed by atoms with Gasteiger partial charge in [0.25, 0.3) is 0 Å². The van der Waals surface area contributed by atoms with Crippen LogP contribution in [0.4, 0.5) is 27.7 Å². The number of nitrogens with zero attached hydrogens (tertiary/aromatic N) is 5. The standard InChI is InChI=1S/C28H40B3FN6O3S/c1-16(2)19-5-6-23(38-13-18(17(38)3)15-42(4,39)40)21-12-34-26(11-20(19)21)35-25-7-9-33-27(36-25)37-10-8-24(22(32)14-37)41-28(29,30)31/h5-7,9,11-12,16-18,22,24H,8,10,13-15,29-31H2,1-4H3,(H,33,34,35,36)/t17-,18-,22-,24+/m1/s1. The van der Waals surface area contributed by atoms with Crippen molar-refractivity contribution >= 4 is 67.4 Å². The van der Waals surface area contributed by atoms with Gasteiger partial charge in [0.2, 0.25) is 5.95 Å². The SMILES string of the molecule is BC(B)(B)O[C@H]1CCN(c2nccc(Nc3cc4c(C(C)C)ccc(N5C[C@H](CS(C)(=O)=O)[C@H]5C)c4cn3)n2)C[C@H]1F. The van der Waals surface area contributed by atoms with Gasteiger partial charge < -0.3 is 19.9 Å². The number of hydrogen-bond acceptors (Lipinski definition) is 9. The summed E-state index contributed by atoms with van der Waals surface area (Å²) < 4.78 is 44.6. The zero-order chi connectivity index (χ0) is 30.4. The third-order valence-corrected chi connectivity index (χ3v) is 9.17. The maximum Gasteiger partial charge on any atom is 0.227 e. The molecule has 1 aromatic carbocycles. The molecule has 4 atom stereocenters. The number of alkyl halides is 1. The Kier molecular flexibility index (Phi) is 8.50. The van der Waals surface area contributed by atoms with Gasteiger partial charge in [-0.05, 0) is 53.7 Å². The van der Waals surface area contributed by atoms with Gasteiger partial charge in [-0.3, -0.25) is 0 Å². The van der Waals surface area contributed by atoms with Crippen LogP contribution in [0, 0.1) is 5.92 Å². The van der Waals surface area contributed by atoms with Crippen LogP contribution in [0.5, 0.6) is 0 Å². The Labute approximate surface area is 251 Å². The number of benzene rings is 1. The summed E-state index contributed by atoms with van der Waals surface area (Å²) in [5.74, 6) is 2.32. The Bertz CT molecular complexity index is 1560. The topological polar surface area (TPSA) is 101 Å². The highest BCUT2D eigenvalue weighted by Gasteiger charge is 2.38. The minimum atomic E-state index is -3.03. The van der Waals surface area contributed by atoms with E-state index < -0.39 is 27.4 Å². The van der Waals surface area contributed by atoms with Crippen molar-refractivity contribution in [2.45, 2.75) is 56.7 Å². The van der Waals surface area contributed by atoms with Gasteiger partial charge >= 0.3 is 0 Å². The molecule has 0 spiro atoms. The Morgan fingerprint density at radius 2 is 1.90 bits per heavy atom. The molecule has 2 aromatic heterocycles. The molecule has 9 nitrogen and oxygen atoms in total. The van der Waals surface area contributed by atoms with E-state index in [4.69, 9.17) is 9.72 Å². The van der Waals surface area contributed by atoms with E-state index in [9.17, 15) is 12.8 Å². The van der Waals surface area contributed by atoms with Crippen molar-refractivity contribution in [2.75, 3.05) is 46.8 Å². The van der Waals surface area contributed by atoms with Gasteiger partial charge in [0, 0.05) is 54.8 Å². The number of piperidine rings is 1. The predicted octanol–water partition coefficient (Wildman–Crippen LogP) is 1.21.